The standard InChI is InChI=1S/C15H12Cl2O4/c16-11-6-5-10(12(17)7-11)8-21-15(19)9-20-14-4-2-1-3-13(14)18/h1-7,18H,8-9H2. The highest BCUT2D eigenvalue weighted by atomic mass is 35.5. The fraction of sp³-hybridized carbons (Fsp3) is 0.133. The monoisotopic (exact) mass is 326 g/mol. The molecular formula is C15H12Cl2O4. The minimum Gasteiger partial charge on any atom is -0.504 e. The molecule has 0 aliphatic heterocycles. The number of rotatable bonds is 5. The van der Waals surface area contributed by atoms with Gasteiger partial charge in [0, 0.05) is 15.6 Å². The minimum atomic E-state index is -0.565. The van der Waals surface area contributed by atoms with Crippen LogP contribution >= 0.6 is 23.2 Å². The Kier molecular flexibility index (Phi) is 5.31. The molecule has 0 aromatic heterocycles. The van der Waals surface area contributed by atoms with Crippen LogP contribution in [0.5, 0.6) is 11.5 Å². The Morgan fingerprint density at radius 2 is 1.90 bits per heavy atom. The first-order valence-corrected chi connectivity index (χ1v) is 6.82. The molecule has 0 saturated heterocycles. The minimum absolute atomic E-state index is 0.0268. The molecule has 0 fully saturated rings. The van der Waals surface area contributed by atoms with Crippen LogP contribution in [0, 0.1) is 0 Å². The summed E-state index contributed by atoms with van der Waals surface area (Å²) in [6, 6.07) is 11.3. The predicted molar refractivity (Wildman–Crippen MR) is 79.9 cm³/mol. The van der Waals surface area contributed by atoms with E-state index in [4.69, 9.17) is 32.7 Å². The Balaban J connectivity index is 1.84. The van der Waals surface area contributed by atoms with Gasteiger partial charge in [-0.25, -0.2) is 4.79 Å². The lowest BCUT2D eigenvalue weighted by molar-refractivity contribution is -0.147. The molecule has 0 saturated carbocycles. The second-order valence-corrected chi connectivity index (χ2v) is 5.00. The van der Waals surface area contributed by atoms with Crippen LogP contribution in [-0.4, -0.2) is 17.7 Å². The van der Waals surface area contributed by atoms with E-state index in [0.717, 1.165) is 0 Å². The van der Waals surface area contributed by atoms with E-state index >= 15 is 0 Å². The lowest BCUT2D eigenvalue weighted by atomic mass is 10.2. The molecule has 2 rings (SSSR count). The quantitative estimate of drug-likeness (QED) is 0.848. The molecule has 0 amide bonds. The smallest absolute Gasteiger partial charge is 0.344 e. The zero-order valence-corrected chi connectivity index (χ0v) is 12.4. The van der Waals surface area contributed by atoms with Crippen LogP contribution < -0.4 is 4.74 Å². The van der Waals surface area contributed by atoms with Crippen molar-refractivity contribution < 1.29 is 19.4 Å². The third-order valence-corrected chi connectivity index (χ3v) is 3.20. The summed E-state index contributed by atoms with van der Waals surface area (Å²) in [6.45, 7) is -0.276. The van der Waals surface area contributed by atoms with Gasteiger partial charge in [0.1, 0.15) is 6.61 Å². The van der Waals surface area contributed by atoms with E-state index < -0.39 is 5.97 Å². The molecule has 0 spiro atoms. The van der Waals surface area contributed by atoms with Crippen molar-refractivity contribution >= 4 is 29.2 Å². The first-order chi connectivity index (χ1) is 10.1. The maximum absolute atomic E-state index is 11.6. The van der Waals surface area contributed by atoms with E-state index in [0.29, 0.717) is 15.6 Å². The maximum atomic E-state index is 11.6. The van der Waals surface area contributed by atoms with E-state index in [1.54, 1.807) is 36.4 Å². The highest BCUT2D eigenvalue weighted by Gasteiger charge is 2.09. The van der Waals surface area contributed by atoms with Gasteiger partial charge in [0.25, 0.3) is 0 Å². The average molecular weight is 327 g/mol. The molecule has 0 radical (unpaired) electrons. The van der Waals surface area contributed by atoms with Gasteiger partial charge in [0.05, 0.1) is 0 Å². The number of benzene rings is 2. The van der Waals surface area contributed by atoms with Gasteiger partial charge in [-0.15, -0.1) is 0 Å². The van der Waals surface area contributed by atoms with Crippen molar-refractivity contribution in [2.45, 2.75) is 6.61 Å². The number of carbonyl (C=O) groups excluding carboxylic acids is 1. The van der Waals surface area contributed by atoms with Crippen LogP contribution in [0.4, 0.5) is 0 Å². The van der Waals surface area contributed by atoms with Crippen LogP contribution in [0.25, 0.3) is 0 Å². The summed E-state index contributed by atoms with van der Waals surface area (Å²) in [7, 11) is 0. The zero-order valence-electron chi connectivity index (χ0n) is 10.9. The summed E-state index contributed by atoms with van der Waals surface area (Å²) < 4.78 is 10.2. The van der Waals surface area contributed by atoms with Crippen molar-refractivity contribution in [1.82, 2.24) is 0 Å². The van der Waals surface area contributed by atoms with Crippen LogP contribution in [0.3, 0.4) is 0 Å². The number of carbonyl (C=O) groups is 1. The first kappa shape index (κ1) is 15.5. The largest absolute Gasteiger partial charge is 0.504 e. The molecule has 2 aromatic rings. The van der Waals surface area contributed by atoms with Gasteiger partial charge >= 0.3 is 5.97 Å². The molecule has 0 unspecified atom stereocenters. The van der Waals surface area contributed by atoms with E-state index in [-0.39, 0.29) is 24.7 Å². The highest BCUT2D eigenvalue weighted by molar-refractivity contribution is 6.35. The average Bonchev–Trinajstić information content (AvgIpc) is 2.45. The lowest BCUT2D eigenvalue weighted by Crippen LogP contribution is -2.14. The normalized spacial score (nSPS) is 10.2. The summed E-state index contributed by atoms with van der Waals surface area (Å²) >= 11 is 11.7. The van der Waals surface area contributed by atoms with Crippen molar-refractivity contribution in [2.75, 3.05) is 6.61 Å². The number of aromatic hydroxyl groups is 1. The Labute approximate surface area is 131 Å². The molecular weight excluding hydrogens is 315 g/mol. The van der Waals surface area contributed by atoms with Crippen LogP contribution in [0.2, 0.25) is 10.0 Å². The number of esters is 1. The molecule has 0 aliphatic rings. The van der Waals surface area contributed by atoms with E-state index in [2.05, 4.69) is 0 Å². The Hall–Kier alpha value is -1.91. The lowest BCUT2D eigenvalue weighted by Gasteiger charge is -2.09. The molecule has 0 atom stereocenters. The van der Waals surface area contributed by atoms with Gasteiger partial charge in [-0.3, -0.25) is 0 Å². The molecule has 0 heterocycles. The van der Waals surface area contributed by atoms with Gasteiger partial charge in [0.2, 0.25) is 0 Å². The van der Waals surface area contributed by atoms with Gasteiger partial charge in [-0.05, 0) is 24.3 Å². The van der Waals surface area contributed by atoms with Crippen molar-refractivity contribution in [3.63, 3.8) is 0 Å². The molecule has 110 valence electrons. The molecule has 21 heavy (non-hydrogen) atoms. The van der Waals surface area contributed by atoms with E-state index in [9.17, 15) is 9.90 Å². The second-order valence-electron chi connectivity index (χ2n) is 4.15. The van der Waals surface area contributed by atoms with Crippen molar-refractivity contribution in [3.05, 3.63) is 58.1 Å². The van der Waals surface area contributed by atoms with Gasteiger partial charge < -0.3 is 14.6 Å². The Morgan fingerprint density at radius 1 is 1.14 bits per heavy atom. The van der Waals surface area contributed by atoms with Gasteiger partial charge in [-0.2, -0.15) is 0 Å². The summed E-state index contributed by atoms with van der Waals surface area (Å²) in [5.41, 5.74) is 0.650. The number of phenolic OH excluding ortho intramolecular Hbond substituents is 1. The molecule has 2 aromatic carbocycles. The van der Waals surface area contributed by atoms with Crippen LogP contribution in [0.1, 0.15) is 5.56 Å². The number of hydrogen-bond acceptors (Lipinski definition) is 4. The molecule has 6 heteroatoms. The number of phenols is 1. The topological polar surface area (TPSA) is 55.8 Å². The zero-order chi connectivity index (χ0) is 15.2. The summed E-state index contributed by atoms with van der Waals surface area (Å²) in [4.78, 5) is 11.6. The molecule has 1 N–H and O–H groups in total. The second kappa shape index (κ2) is 7.20. The Bertz CT molecular complexity index is 643. The molecule has 0 aliphatic carbocycles. The van der Waals surface area contributed by atoms with Crippen LogP contribution in [0.15, 0.2) is 42.5 Å². The highest BCUT2D eigenvalue weighted by Crippen LogP contribution is 2.24. The van der Waals surface area contributed by atoms with E-state index in [1.165, 1.54) is 6.07 Å². The third-order valence-electron chi connectivity index (χ3n) is 2.61. The molecule has 4 nitrogen and oxygen atoms in total. The van der Waals surface area contributed by atoms with Gasteiger partial charge in [-0.1, -0.05) is 41.4 Å². The van der Waals surface area contributed by atoms with Crippen molar-refractivity contribution in [3.8, 4) is 11.5 Å². The Morgan fingerprint density at radius 3 is 2.62 bits per heavy atom. The van der Waals surface area contributed by atoms with E-state index in [1.807, 2.05) is 0 Å². The van der Waals surface area contributed by atoms with Gasteiger partial charge in [0.15, 0.2) is 18.1 Å². The number of hydrogen-bond donors (Lipinski definition) is 1. The summed E-state index contributed by atoms with van der Waals surface area (Å²) in [5.74, 6) is -0.380. The van der Waals surface area contributed by atoms with Crippen LogP contribution in [-0.2, 0) is 16.1 Å². The third kappa shape index (κ3) is 4.55. The number of halogens is 2. The van der Waals surface area contributed by atoms with Crippen molar-refractivity contribution in [2.24, 2.45) is 0 Å². The SMILES string of the molecule is O=C(COc1ccccc1O)OCc1ccc(Cl)cc1Cl. The molecule has 0 bridgehead atoms. The fourth-order valence-electron chi connectivity index (χ4n) is 1.55. The predicted octanol–water partition coefficient (Wildman–Crippen LogP) is 3.82. The van der Waals surface area contributed by atoms with Crippen molar-refractivity contribution in [1.29, 1.82) is 0 Å². The summed E-state index contributed by atoms with van der Waals surface area (Å²) in [6.07, 6.45) is 0. The number of para-hydroxylation sites is 2. The fourth-order valence-corrected chi connectivity index (χ4v) is 2.02. The first-order valence-electron chi connectivity index (χ1n) is 6.06. The number of ether oxygens (including phenoxy) is 2. The maximum Gasteiger partial charge on any atom is 0.344 e. The summed E-state index contributed by atoms with van der Waals surface area (Å²) in [5, 5.41) is 10.4.